The molecular formula is C9H10Cl2N2O. The minimum atomic E-state index is -0.564. The van der Waals surface area contributed by atoms with Crippen LogP contribution in [0.4, 0.5) is 0 Å². The van der Waals surface area contributed by atoms with E-state index in [9.17, 15) is 4.79 Å². The summed E-state index contributed by atoms with van der Waals surface area (Å²) in [7, 11) is 1.64. The predicted octanol–water partition coefficient (Wildman–Crippen LogP) is 1.74. The Morgan fingerprint density at radius 3 is 2.21 bits per heavy atom. The molecule has 0 aliphatic heterocycles. The van der Waals surface area contributed by atoms with Crippen LogP contribution in [0.5, 0.6) is 0 Å². The topological polar surface area (TPSA) is 55.1 Å². The van der Waals surface area contributed by atoms with Gasteiger partial charge in [-0.2, -0.15) is 0 Å². The molecule has 0 aliphatic carbocycles. The van der Waals surface area contributed by atoms with E-state index in [0.29, 0.717) is 15.6 Å². The molecule has 0 fully saturated rings. The Hall–Kier alpha value is -0.770. The largest absolute Gasteiger partial charge is 0.368 e. The minimum Gasteiger partial charge on any atom is -0.368 e. The molecule has 0 radical (unpaired) electrons. The van der Waals surface area contributed by atoms with Crippen LogP contribution in [-0.4, -0.2) is 13.0 Å². The number of nitrogens with one attached hydrogen (secondary N) is 1. The third-order valence-corrected chi connectivity index (χ3v) is 2.23. The fraction of sp³-hybridized carbons (Fsp3) is 0.222. The molecule has 1 aromatic carbocycles. The van der Waals surface area contributed by atoms with Gasteiger partial charge in [-0.1, -0.05) is 23.2 Å². The van der Waals surface area contributed by atoms with Crippen molar-refractivity contribution in [1.29, 1.82) is 0 Å². The first-order valence-electron chi connectivity index (χ1n) is 3.97. The molecule has 0 heterocycles. The van der Waals surface area contributed by atoms with Gasteiger partial charge in [0.05, 0.1) is 0 Å². The summed E-state index contributed by atoms with van der Waals surface area (Å²) in [4.78, 5) is 11.0. The lowest BCUT2D eigenvalue weighted by Gasteiger charge is -2.13. The molecule has 0 saturated carbocycles. The lowest BCUT2D eigenvalue weighted by atomic mass is 10.1. The first-order valence-corrected chi connectivity index (χ1v) is 4.72. The van der Waals surface area contributed by atoms with Crippen LogP contribution in [0.3, 0.4) is 0 Å². The van der Waals surface area contributed by atoms with E-state index in [1.54, 1.807) is 25.2 Å². The standard InChI is InChI=1S/C9H10Cl2N2O/c1-13-8(9(12)14)5-2-6(10)4-7(11)3-5/h2-4,8,13H,1H3,(H2,12,14)/t8-/m1/s1. The van der Waals surface area contributed by atoms with Crippen molar-refractivity contribution in [2.45, 2.75) is 6.04 Å². The molecule has 1 rings (SSSR count). The molecule has 0 spiro atoms. The van der Waals surface area contributed by atoms with Gasteiger partial charge in [0.2, 0.25) is 5.91 Å². The third kappa shape index (κ3) is 2.61. The number of likely N-dealkylation sites (N-methyl/N-ethyl adjacent to an activating group) is 1. The van der Waals surface area contributed by atoms with Gasteiger partial charge in [-0.3, -0.25) is 4.79 Å². The summed E-state index contributed by atoms with van der Waals surface area (Å²) < 4.78 is 0. The van der Waals surface area contributed by atoms with Crippen molar-refractivity contribution >= 4 is 29.1 Å². The minimum absolute atomic E-state index is 0.467. The molecule has 0 saturated heterocycles. The zero-order valence-electron chi connectivity index (χ0n) is 7.55. The van der Waals surface area contributed by atoms with Crippen molar-refractivity contribution in [3.05, 3.63) is 33.8 Å². The van der Waals surface area contributed by atoms with Crippen LogP contribution in [0.25, 0.3) is 0 Å². The highest BCUT2D eigenvalue weighted by Crippen LogP contribution is 2.23. The second-order valence-corrected chi connectivity index (χ2v) is 3.70. The molecule has 3 N–H and O–H groups in total. The monoisotopic (exact) mass is 232 g/mol. The van der Waals surface area contributed by atoms with Crippen molar-refractivity contribution in [3.63, 3.8) is 0 Å². The fourth-order valence-electron chi connectivity index (χ4n) is 1.22. The van der Waals surface area contributed by atoms with Gasteiger partial charge in [0, 0.05) is 10.0 Å². The number of rotatable bonds is 3. The highest BCUT2D eigenvalue weighted by molar-refractivity contribution is 6.34. The molecule has 1 aromatic rings. The van der Waals surface area contributed by atoms with Gasteiger partial charge < -0.3 is 11.1 Å². The number of nitrogens with two attached hydrogens (primary N) is 1. The molecule has 3 nitrogen and oxygen atoms in total. The number of benzene rings is 1. The van der Waals surface area contributed by atoms with Crippen LogP contribution < -0.4 is 11.1 Å². The summed E-state index contributed by atoms with van der Waals surface area (Å²) in [6, 6.07) is 4.34. The number of amides is 1. The Morgan fingerprint density at radius 2 is 1.86 bits per heavy atom. The Labute approximate surface area is 92.2 Å². The fourth-order valence-corrected chi connectivity index (χ4v) is 1.76. The van der Waals surface area contributed by atoms with Crippen molar-refractivity contribution in [1.82, 2.24) is 5.32 Å². The smallest absolute Gasteiger partial charge is 0.239 e. The Morgan fingerprint density at radius 1 is 1.36 bits per heavy atom. The highest BCUT2D eigenvalue weighted by atomic mass is 35.5. The predicted molar refractivity (Wildman–Crippen MR) is 57.5 cm³/mol. The zero-order chi connectivity index (χ0) is 10.7. The van der Waals surface area contributed by atoms with Gasteiger partial charge in [-0.15, -0.1) is 0 Å². The normalized spacial score (nSPS) is 12.5. The first-order chi connectivity index (χ1) is 6.54. The molecule has 0 aromatic heterocycles. The molecule has 76 valence electrons. The number of halogens is 2. The summed E-state index contributed by atoms with van der Waals surface area (Å²) >= 11 is 11.6. The van der Waals surface area contributed by atoms with E-state index >= 15 is 0 Å². The van der Waals surface area contributed by atoms with E-state index in [-0.39, 0.29) is 0 Å². The van der Waals surface area contributed by atoms with Crippen molar-refractivity contribution < 1.29 is 4.79 Å². The molecule has 5 heteroatoms. The first kappa shape index (κ1) is 11.3. The second kappa shape index (κ2) is 4.64. The van der Waals surface area contributed by atoms with E-state index in [1.807, 2.05) is 0 Å². The van der Waals surface area contributed by atoms with Gasteiger partial charge in [0.15, 0.2) is 0 Å². The van der Waals surface area contributed by atoms with Crippen LogP contribution in [0.1, 0.15) is 11.6 Å². The van der Waals surface area contributed by atoms with Crippen LogP contribution >= 0.6 is 23.2 Å². The number of carbonyl (C=O) groups is 1. The van der Waals surface area contributed by atoms with Gasteiger partial charge in [0.25, 0.3) is 0 Å². The summed E-state index contributed by atoms with van der Waals surface area (Å²) in [5.41, 5.74) is 5.86. The molecule has 14 heavy (non-hydrogen) atoms. The Kier molecular flexibility index (Phi) is 3.75. The summed E-state index contributed by atoms with van der Waals surface area (Å²) in [6.07, 6.45) is 0. The maximum absolute atomic E-state index is 11.0. The van der Waals surface area contributed by atoms with E-state index < -0.39 is 11.9 Å². The van der Waals surface area contributed by atoms with Crippen LogP contribution in [0.15, 0.2) is 18.2 Å². The zero-order valence-corrected chi connectivity index (χ0v) is 9.06. The van der Waals surface area contributed by atoms with Crippen LogP contribution in [0.2, 0.25) is 10.0 Å². The summed E-state index contributed by atoms with van der Waals surface area (Å²) in [5, 5.41) is 3.74. The van der Waals surface area contributed by atoms with Gasteiger partial charge in [0.1, 0.15) is 6.04 Å². The Balaban J connectivity index is 3.10. The van der Waals surface area contributed by atoms with Gasteiger partial charge in [-0.25, -0.2) is 0 Å². The molecule has 0 aliphatic rings. The maximum Gasteiger partial charge on any atom is 0.239 e. The molecule has 0 bridgehead atoms. The van der Waals surface area contributed by atoms with E-state index in [1.165, 1.54) is 0 Å². The second-order valence-electron chi connectivity index (χ2n) is 2.83. The highest BCUT2D eigenvalue weighted by Gasteiger charge is 2.15. The van der Waals surface area contributed by atoms with E-state index in [2.05, 4.69) is 5.32 Å². The lowest BCUT2D eigenvalue weighted by Crippen LogP contribution is -2.31. The van der Waals surface area contributed by atoms with Crippen molar-refractivity contribution in [2.75, 3.05) is 7.05 Å². The number of hydrogen-bond donors (Lipinski definition) is 2. The van der Waals surface area contributed by atoms with Gasteiger partial charge in [-0.05, 0) is 30.8 Å². The van der Waals surface area contributed by atoms with Crippen molar-refractivity contribution in [2.24, 2.45) is 5.73 Å². The van der Waals surface area contributed by atoms with Crippen LogP contribution in [0, 0.1) is 0 Å². The quantitative estimate of drug-likeness (QED) is 0.835. The maximum atomic E-state index is 11.0. The van der Waals surface area contributed by atoms with Crippen LogP contribution in [-0.2, 0) is 4.79 Å². The number of hydrogen-bond acceptors (Lipinski definition) is 2. The molecule has 0 unspecified atom stereocenters. The van der Waals surface area contributed by atoms with Crippen molar-refractivity contribution in [3.8, 4) is 0 Å². The molecule has 1 atom stereocenters. The number of primary amides is 1. The van der Waals surface area contributed by atoms with E-state index in [0.717, 1.165) is 0 Å². The Bertz CT molecular complexity index is 334. The third-order valence-electron chi connectivity index (χ3n) is 1.79. The average Bonchev–Trinajstić information content (AvgIpc) is 2.02. The average molecular weight is 233 g/mol. The summed E-state index contributed by atoms with van der Waals surface area (Å²) in [6.45, 7) is 0. The SMILES string of the molecule is CN[C@@H](C(N)=O)c1cc(Cl)cc(Cl)c1. The number of carbonyl (C=O) groups excluding carboxylic acids is 1. The van der Waals surface area contributed by atoms with Gasteiger partial charge >= 0.3 is 0 Å². The lowest BCUT2D eigenvalue weighted by molar-refractivity contribution is -0.120. The molecule has 1 amide bonds. The summed E-state index contributed by atoms with van der Waals surface area (Å²) in [5.74, 6) is -0.467. The molecular weight excluding hydrogens is 223 g/mol. The van der Waals surface area contributed by atoms with E-state index in [4.69, 9.17) is 28.9 Å².